The third-order valence-electron chi connectivity index (χ3n) is 3.78. The zero-order valence-corrected chi connectivity index (χ0v) is 14.2. The van der Waals surface area contributed by atoms with E-state index >= 15 is 0 Å². The number of aromatic nitrogens is 5. The van der Waals surface area contributed by atoms with Crippen LogP contribution in [0.3, 0.4) is 0 Å². The average Bonchev–Trinajstić information content (AvgIpc) is 3.04. The van der Waals surface area contributed by atoms with Crippen molar-refractivity contribution in [3.63, 3.8) is 0 Å². The maximum Gasteiger partial charge on any atom is 0.253 e. The molecule has 3 heterocycles. The molecular formula is C16H16ClN5O2. The molecule has 0 saturated heterocycles. The maximum atomic E-state index is 12.1. The highest BCUT2D eigenvalue weighted by molar-refractivity contribution is 6.30. The van der Waals surface area contributed by atoms with Crippen LogP contribution in [0.15, 0.2) is 41.6 Å². The molecule has 3 aromatic heterocycles. The molecule has 1 unspecified atom stereocenters. The van der Waals surface area contributed by atoms with Gasteiger partial charge in [-0.25, -0.2) is 4.68 Å². The Labute approximate surface area is 143 Å². The Bertz CT molecular complexity index is 934. The van der Waals surface area contributed by atoms with Gasteiger partial charge in [-0.05, 0) is 26.0 Å². The van der Waals surface area contributed by atoms with Crippen LogP contribution in [0, 0.1) is 6.92 Å². The smallest absolute Gasteiger partial charge is 0.253 e. The van der Waals surface area contributed by atoms with E-state index in [9.17, 15) is 4.79 Å². The van der Waals surface area contributed by atoms with Gasteiger partial charge in [0.1, 0.15) is 17.6 Å². The maximum absolute atomic E-state index is 12.1. The van der Waals surface area contributed by atoms with Crippen molar-refractivity contribution >= 4 is 11.6 Å². The number of ether oxygens (including phenoxy) is 1. The van der Waals surface area contributed by atoms with Crippen molar-refractivity contribution in [2.24, 2.45) is 0 Å². The Morgan fingerprint density at radius 3 is 2.83 bits per heavy atom. The Balaban J connectivity index is 1.97. The van der Waals surface area contributed by atoms with Crippen LogP contribution in [0.1, 0.15) is 18.8 Å². The van der Waals surface area contributed by atoms with E-state index < -0.39 is 0 Å². The first-order valence-corrected chi connectivity index (χ1v) is 7.68. The van der Waals surface area contributed by atoms with E-state index in [1.54, 1.807) is 36.4 Å². The summed E-state index contributed by atoms with van der Waals surface area (Å²) in [4.78, 5) is 16.4. The first-order chi connectivity index (χ1) is 11.5. The normalized spacial score (nSPS) is 12.2. The topological polar surface area (TPSA) is 74.8 Å². The van der Waals surface area contributed by atoms with Gasteiger partial charge in [-0.2, -0.15) is 0 Å². The molecule has 1 atom stereocenters. The number of hydrogen-bond donors (Lipinski definition) is 0. The number of aryl methyl sites for hydroxylation is 1. The fourth-order valence-electron chi connectivity index (χ4n) is 2.37. The van der Waals surface area contributed by atoms with Crippen LogP contribution in [-0.2, 0) is 0 Å². The second-order valence-electron chi connectivity index (χ2n) is 5.31. The summed E-state index contributed by atoms with van der Waals surface area (Å²) in [6.45, 7) is 3.74. The average molecular weight is 346 g/mol. The molecule has 0 fully saturated rings. The number of rotatable bonds is 4. The van der Waals surface area contributed by atoms with E-state index in [0.29, 0.717) is 16.5 Å². The van der Waals surface area contributed by atoms with Gasteiger partial charge < -0.3 is 4.74 Å². The van der Waals surface area contributed by atoms with Crippen molar-refractivity contribution in [1.29, 1.82) is 0 Å². The summed E-state index contributed by atoms with van der Waals surface area (Å²) < 4.78 is 8.35. The molecule has 0 aliphatic rings. The lowest BCUT2D eigenvalue weighted by Gasteiger charge is -2.14. The van der Waals surface area contributed by atoms with E-state index in [-0.39, 0.29) is 11.7 Å². The van der Waals surface area contributed by atoms with E-state index in [4.69, 9.17) is 16.3 Å². The summed E-state index contributed by atoms with van der Waals surface area (Å²) >= 11 is 5.83. The largest absolute Gasteiger partial charge is 0.495 e. The molecule has 7 nitrogen and oxygen atoms in total. The van der Waals surface area contributed by atoms with Gasteiger partial charge in [0.15, 0.2) is 0 Å². The summed E-state index contributed by atoms with van der Waals surface area (Å²) in [5.74, 6) is 0.645. The van der Waals surface area contributed by atoms with Gasteiger partial charge in [-0.1, -0.05) is 16.8 Å². The molecule has 0 N–H and O–H groups in total. The zero-order valence-electron chi connectivity index (χ0n) is 13.5. The molecule has 0 spiro atoms. The highest BCUT2D eigenvalue weighted by atomic mass is 35.5. The molecule has 0 amide bonds. The van der Waals surface area contributed by atoms with E-state index in [1.807, 2.05) is 19.9 Å². The summed E-state index contributed by atoms with van der Waals surface area (Å²) in [6, 6.07) is 4.88. The Morgan fingerprint density at radius 1 is 1.33 bits per heavy atom. The molecule has 0 aliphatic heterocycles. The van der Waals surface area contributed by atoms with Gasteiger partial charge in [-0.3, -0.25) is 14.3 Å². The number of hydrogen-bond acceptors (Lipinski definition) is 5. The molecule has 0 radical (unpaired) electrons. The fraction of sp³-hybridized carbons (Fsp3) is 0.250. The number of pyridine rings is 2. The van der Waals surface area contributed by atoms with Crippen LogP contribution in [0.25, 0.3) is 11.3 Å². The summed E-state index contributed by atoms with van der Waals surface area (Å²) in [5, 5.41) is 8.73. The van der Waals surface area contributed by atoms with E-state index in [1.165, 1.54) is 10.6 Å². The zero-order chi connectivity index (χ0) is 17.3. The lowest BCUT2D eigenvalue weighted by Crippen LogP contribution is -2.26. The van der Waals surface area contributed by atoms with Gasteiger partial charge in [0.25, 0.3) is 5.56 Å². The molecule has 3 aromatic rings. The fourth-order valence-corrected chi connectivity index (χ4v) is 2.52. The number of halogens is 1. The van der Waals surface area contributed by atoms with Crippen molar-refractivity contribution < 1.29 is 4.74 Å². The van der Waals surface area contributed by atoms with Crippen LogP contribution in [-0.4, -0.2) is 31.7 Å². The summed E-state index contributed by atoms with van der Waals surface area (Å²) in [5.41, 5.74) is 2.11. The lowest BCUT2D eigenvalue weighted by molar-refractivity contribution is 0.405. The summed E-state index contributed by atoms with van der Waals surface area (Å²) in [6.07, 6.45) is 4.72. The minimum absolute atomic E-state index is 0.203. The SMILES string of the molecule is COc1cnc(C)c(-c2cn(C(C)n3ccc(Cl)cc3=O)nn2)c1. The minimum Gasteiger partial charge on any atom is -0.495 e. The Morgan fingerprint density at radius 2 is 2.12 bits per heavy atom. The molecule has 3 rings (SSSR count). The molecule has 8 heteroatoms. The lowest BCUT2D eigenvalue weighted by atomic mass is 10.1. The van der Waals surface area contributed by atoms with Gasteiger partial charge in [-0.15, -0.1) is 5.10 Å². The van der Waals surface area contributed by atoms with Crippen LogP contribution < -0.4 is 10.3 Å². The Hall–Kier alpha value is -2.67. The van der Waals surface area contributed by atoms with Crippen molar-refractivity contribution in [2.45, 2.75) is 20.0 Å². The third kappa shape index (κ3) is 3.03. The highest BCUT2D eigenvalue weighted by Gasteiger charge is 2.14. The van der Waals surface area contributed by atoms with Crippen molar-refractivity contribution in [3.05, 3.63) is 57.9 Å². The molecule has 0 aliphatic carbocycles. The van der Waals surface area contributed by atoms with Crippen molar-refractivity contribution in [2.75, 3.05) is 7.11 Å². The second kappa shape index (κ2) is 6.45. The van der Waals surface area contributed by atoms with E-state index in [0.717, 1.165) is 11.3 Å². The third-order valence-corrected chi connectivity index (χ3v) is 4.01. The second-order valence-corrected chi connectivity index (χ2v) is 5.75. The van der Waals surface area contributed by atoms with E-state index in [2.05, 4.69) is 15.3 Å². The minimum atomic E-state index is -0.338. The number of methoxy groups -OCH3 is 1. The monoisotopic (exact) mass is 345 g/mol. The van der Waals surface area contributed by atoms with Crippen LogP contribution in [0.5, 0.6) is 5.75 Å². The van der Waals surface area contributed by atoms with Crippen molar-refractivity contribution in [3.8, 4) is 17.0 Å². The van der Waals surface area contributed by atoms with Gasteiger partial charge >= 0.3 is 0 Å². The molecule has 124 valence electrons. The molecule has 0 aromatic carbocycles. The number of nitrogens with zero attached hydrogens (tertiary/aromatic N) is 5. The standard InChI is InChI=1S/C16H16ClN5O2/c1-10-14(7-13(24-3)8-18-10)15-9-22(20-19-15)11(2)21-5-4-12(17)6-16(21)23/h4-9,11H,1-3H3. The molecule has 0 saturated carbocycles. The van der Waals surface area contributed by atoms with Gasteiger partial charge in [0.2, 0.25) is 0 Å². The Kier molecular flexibility index (Phi) is 4.35. The van der Waals surface area contributed by atoms with Crippen LogP contribution in [0.4, 0.5) is 0 Å². The first-order valence-electron chi connectivity index (χ1n) is 7.30. The van der Waals surface area contributed by atoms with Crippen molar-refractivity contribution in [1.82, 2.24) is 24.5 Å². The predicted molar refractivity (Wildman–Crippen MR) is 90.4 cm³/mol. The van der Waals surface area contributed by atoms with Crippen LogP contribution >= 0.6 is 11.6 Å². The summed E-state index contributed by atoms with van der Waals surface area (Å²) in [7, 11) is 1.59. The first kappa shape index (κ1) is 16.2. The molecule has 0 bridgehead atoms. The molecular weight excluding hydrogens is 330 g/mol. The predicted octanol–water partition coefficient (Wildman–Crippen LogP) is 2.54. The quantitative estimate of drug-likeness (QED) is 0.726. The van der Waals surface area contributed by atoms with Gasteiger partial charge in [0, 0.05) is 28.5 Å². The van der Waals surface area contributed by atoms with Gasteiger partial charge in [0.05, 0.1) is 19.5 Å². The highest BCUT2D eigenvalue weighted by Crippen LogP contribution is 2.24. The van der Waals surface area contributed by atoms with Crippen LogP contribution in [0.2, 0.25) is 5.02 Å². The molecule has 24 heavy (non-hydrogen) atoms.